The monoisotopic (exact) mass is 265 g/mol. The number of rotatable bonds is 5. The molecule has 1 fully saturated rings. The summed E-state index contributed by atoms with van der Waals surface area (Å²) >= 11 is 1.84. The molecule has 1 aliphatic heterocycles. The van der Waals surface area contributed by atoms with Crippen LogP contribution in [0.1, 0.15) is 37.3 Å². The van der Waals surface area contributed by atoms with Crippen molar-refractivity contribution in [2.45, 2.75) is 38.3 Å². The number of hydrogen-bond acceptors (Lipinski definition) is 3. The predicted molar refractivity (Wildman–Crippen MR) is 79.1 cm³/mol. The molecule has 0 amide bonds. The highest BCUT2D eigenvalue weighted by Gasteiger charge is 2.30. The molecule has 100 valence electrons. The van der Waals surface area contributed by atoms with Crippen LogP contribution in [0.2, 0.25) is 0 Å². The maximum atomic E-state index is 10.2. The molecule has 0 bridgehead atoms. The molecule has 1 unspecified atom stereocenters. The van der Waals surface area contributed by atoms with Crippen molar-refractivity contribution in [3.8, 4) is 0 Å². The van der Waals surface area contributed by atoms with Gasteiger partial charge < -0.3 is 10.4 Å². The minimum Gasteiger partial charge on any atom is -0.388 e. The summed E-state index contributed by atoms with van der Waals surface area (Å²) in [6.45, 7) is 5.96. The van der Waals surface area contributed by atoms with Crippen molar-refractivity contribution in [2.75, 3.05) is 18.1 Å². The molecule has 1 aromatic rings. The Hall–Kier alpha value is -0.510. The molecule has 0 radical (unpaired) electrons. The largest absolute Gasteiger partial charge is 0.388 e. The van der Waals surface area contributed by atoms with Gasteiger partial charge >= 0.3 is 0 Å². The number of aliphatic hydroxyl groups is 1. The van der Waals surface area contributed by atoms with Gasteiger partial charge in [0.25, 0.3) is 0 Å². The topological polar surface area (TPSA) is 32.3 Å². The van der Waals surface area contributed by atoms with Gasteiger partial charge in [-0.1, -0.05) is 38.1 Å². The third-order valence-corrected chi connectivity index (χ3v) is 4.75. The molecule has 2 N–H and O–H groups in total. The number of benzene rings is 1. The molecule has 1 saturated heterocycles. The molecule has 0 aliphatic carbocycles. The summed E-state index contributed by atoms with van der Waals surface area (Å²) < 4.78 is 0. The van der Waals surface area contributed by atoms with Crippen LogP contribution in [0.5, 0.6) is 0 Å². The molecule has 1 heterocycles. The van der Waals surface area contributed by atoms with E-state index in [2.05, 4.69) is 43.4 Å². The molecule has 0 saturated carbocycles. The molecule has 2 nitrogen and oxygen atoms in total. The van der Waals surface area contributed by atoms with Gasteiger partial charge in [0.2, 0.25) is 0 Å². The van der Waals surface area contributed by atoms with E-state index in [0.29, 0.717) is 12.5 Å². The summed E-state index contributed by atoms with van der Waals surface area (Å²) in [7, 11) is 0. The second-order valence-electron chi connectivity index (χ2n) is 5.53. The third-order valence-electron chi connectivity index (χ3n) is 3.51. The summed E-state index contributed by atoms with van der Waals surface area (Å²) in [6, 6.07) is 8.75. The van der Waals surface area contributed by atoms with Crippen molar-refractivity contribution in [1.29, 1.82) is 0 Å². The summed E-state index contributed by atoms with van der Waals surface area (Å²) in [5.41, 5.74) is 2.18. The zero-order chi connectivity index (χ0) is 13.0. The average Bonchev–Trinajstić information content (AvgIpc) is 2.77. The third kappa shape index (κ3) is 3.74. The molecule has 2 rings (SSSR count). The smallest absolute Gasteiger partial charge is 0.0869 e. The second kappa shape index (κ2) is 6.09. The Morgan fingerprint density at radius 3 is 2.61 bits per heavy atom. The molecule has 3 heteroatoms. The lowest BCUT2D eigenvalue weighted by molar-refractivity contribution is 0.0675. The lowest BCUT2D eigenvalue weighted by Gasteiger charge is -2.21. The van der Waals surface area contributed by atoms with E-state index in [4.69, 9.17) is 0 Å². The van der Waals surface area contributed by atoms with Crippen molar-refractivity contribution in [2.24, 2.45) is 0 Å². The van der Waals surface area contributed by atoms with Crippen LogP contribution >= 0.6 is 11.8 Å². The minimum absolute atomic E-state index is 0.484. The Morgan fingerprint density at radius 1 is 1.33 bits per heavy atom. The van der Waals surface area contributed by atoms with Gasteiger partial charge in [0.1, 0.15) is 0 Å². The molecule has 0 aromatic heterocycles. The van der Waals surface area contributed by atoms with E-state index in [0.717, 1.165) is 24.5 Å². The van der Waals surface area contributed by atoms with Gasteiger partial charge in [0.05, 0.1) is 5.60 Å². The first-order valence-electron chi connectivity index (χ1n) is 6.69. The fourth-order valence-corrected chi connectivity index (χ4v) is 3.49. The van der Waals surface area contributed by atoms with Crippen LogP contribution in [-0.2, 0) is 6.54 Å². The van der Waals surface area contributed by atoms with Crippen LogP contribution in [0, 0.1) is 0 Å². The Labute approximate surface area is 114 Å². The number of thioether (sulfide) groups is 1. The highest BCUT2D eigenvalue weighted by atomic mass is 32.2. The second-order valence-corrected chi connectivity index (χ2v) is 6.63. The summed E-state index contributed by atoms with van der Waals surface area (Å²) in [6.07, 6.45) is 0.914. The first-order chi connectivity index (χ1) is 8.59. The van der Waals surface area contributed by atoms with Crippen molar-refractivity contribution in [1.82, 2.24) is 5.32 Å². The van der Waals surface area contributed by atoms with E-state index in [1.165, 1.54) is 11.1 Å². The first kappa shape index (κ1) is 13.9. The van der Waals surface area contributed by atoms with Gasteiger partial charge in [-0.3, -0.25) is 0 Å². The quantitative estimate of drug-likeness (QED) is 0.858. The maximum absolute atomic E-state index is 10.2. The average molecular weight is 265 g/mol. The van der Waals surface area contributed by atoms with Gasteiger partial charge in [0.15, 0.2) is 0 Å². The van der Waals surface area contributed by atoms with Crippen LogP contribution in [0.15, 0.2) is 24.3 Å². The van der Waals surface area contributed by atoms with Crippen LogP contribution in [0.3, 0.4) is 0 Å². The maximum Gasteiger partial charge on any atom is 0.0869 e. The van der Waals surface area contributed by atoms with Gasteiger partial charge in [0, 0.05) is 18.8 Å². The SMILES string of the molecule is CC(C)c1ccc(CNCC2(O)CCSC2)cc1. The fraction of sp³-hybridized carbons (Fsp3) is 0.600. The standard InChI is InChI=1S/C15H23NOS/c1-12(2)14-5-3-13(4-6-14)9-16-10-15(17)7-8-18-11-15/h3-6,12,16-17H,7-11H2,1-2H3. The van der Waals surface area contributed by atoms with E-state index in [-0.39, 0.29) is 0 Å². The van der Waals surface area contributed by atoms with Gasteiger partial charge in [-0.2, -0.15) is 11.8 Å². The predicted octanol–water partition coefficient (Wildman–Crippen LogP) is 2.77. The fourth-order valence-electron chi connectivity index (χ4n) is 2.20. The van der Waals surface area contributed by atoms with E-state index in [1.54, 1.807) is 0 Å². The normalized spacial score (nSPS) is 23.8. The molecule has 1 aromatic carbocycles. The lowest BCUT2D eigenvalue weighted by Crippen LogP contribution is -2.40. The van der Waals surface area contributed by atoms with E-state index in [1.807, 2.05) is 11.8 Å². The van der Waals surface area contributed by atoms with E-state index < -0.39 is 5.60 Å². The van der Waals surface area contributed by atoms with Crippen LogP contribution < -0.4 is 5.32 Å². The number of hydrogen-bond donors (Lipinski definition) is 2. The van der Waals surface area contributed by atoms with Crippen molar-refractivity contribution in [3.05, 3.63) is 35.4 Å². The Bertz CT molecular complexity index is 369. The Balaban J connectivity index is 1.79. The molecule has 0 spiro atoms. The van der Waals surface area contributed by atoms with Gasteiger partial charge in [-0.25, -0.2) is 0 Å². The van der Waals surface area contributed by atoms with Crippen molar-refractivity contribution in [3.63, 3.8) is 0 Å². The molecule has 18 heavy (non-hydrogen) atoms. The Morgan fingerprint density at radius 2 is 2.06 bits per heavy atom. The van der Waals surface area contributed by atoms with Crippen molar-refractivity contribution >= 4 is 11.8 Å². The molecule has 1 atom stereocenters. The van der Waals surface area contributed by atoms with E-state index in [9.17, 15) is 5.11 Å². The van der Waals surface area contributed by atoms with Crippen LogP contribution in [-0.4, -0.2) is 28.8 Å². The number of nitrogens with one attached hydrogen (secondary N) is 1. The van der Waals surface area contributed by atoms with Gasteiger partial charge in [-0.05, 0) is 29.2 Å². The lowest BCUT2D eigenvalue weighted by atomic mass is 10.0. The zero-order valence-electron chi connectivity index (χ0n) is 11.3. The molecular formula is C15H23NOS. The van der Waals surface area contributed by atoms with Gasteiger partial charge in [-0.15, -0.1) is 0 Å². The summed E-state index contributed by atoms with van der Waals surface area (Å²) in [4.78, 5) is 0. The van der Waals surface area contributed by atoms with Crippen molar-refractivity contribution < 1.29 is 5.11 Å². The van der Waals surface area contributed by atoms with Crippen LogP contribution in [0.25, 0.3) is 0 Å². The Kier molecular flexibility index (Phi) is 4.71. The highest BCUT2D eigenvalue weighted by molar-refractivity contribution is 7.99. The minimum atomic E-state index is -0.484. The summed E-state index contributed by atoms with van der Waals surface area (Å²) in [5, 5.41) is 13.6. The summed E-state index contributed by atoms with van der Waals surface area (Å²) in [5.74, 6) is 2.54. The van der Waals surface area contributed by atoms with Crippen LogP contribution in [0.4, 0.5) is 0 Å². The molecule has 1 aliphatic rings. The zero-order valence-corrected chi connectivity index (χ0v) is 12.1. The van der Waals surface area contributed by atoms with E-state index >= 15 is 0 Å². The molecular weight excluding hydrogens is 242 g/mol. The first-order valence-corrected chi connectivity index (χ1v) is 7.84. The highest BCUT2D eigenvalue weighted by Crippen LogP contribution is 2.27.